The number of likely N-dealkylation sites (tertiary alicyclic amines) is 1. The molecule has 1 atom stereocenters. The van der Waals surface area contributed by atoms with Crippen LogP contribution >= 0.6 is 11.3 Å². The van der Waals surface area contributed by atoms with Crippen molar-refractivity contribution in [3.05, 3.63) is 57.0 Å². The van der Waals surface area contributed by atoms with Gasteiger partial charge in [-0.1, -0.05) is 12.1 Å². The highest BCUT2D eigenvalue weighted by Gasteiger charge is 2.27. The van der Waals surface area contributed by atoms with Crippen molar-refractivity contribution in [2.45, 2.75) is 39.2 Å². The molecule has 7 heteroatoms. The van der Waals surface area contributed by atoms with Crippen LogP contribution < -0.4 is 10.3 Å². The molecule has 0 aliphatic carbocycles. The largest absolute Gasteiger partial charge is 0.497 e. The van der Waals surface area contributed by atoms with Gasteiger partial charge in [0.25, 0.3) is 5.56 Å². The molecule has 1 fully saturated rings. The van der Waals surface area contributed by atoms with E-state index in [-0.39, 0.29) is 11.5 Å². The van der Waals surface area contributed by atoms with Crippen molar-refractivity contribution < 1.29 is 9.53 Å². The van der Waals surface area contributed by atoms with Crippen molar-refractivity contribution in [1.82, 2.24) is 14.5 Å². The molecule has 1 aliphatic rings. The molecule has 0 N–H and O–H groups in total. The summed E-state index contributed by atoms with van der Waals surface area (Å²) in [7, 11) is 1.66. The lowest BCUT2D eigenvalue weighted by Crippen LogP contribution is -2.30. The molecule has 3 heterocycles. The van der Waals surface area contributed by atoms with Crippen molar-refractivity contribution in [2.24, 2.45) is 0 Å². The predicted octanol–water partition coefficient (Wildman–Crippen LogP) is 3.49. The molecule has 1 amide bonds. The zero-order valence-corrected chi connectivity index (χ0v) is 17.8. The summed E-state index contributed by atoms with van der Waals surface area (Å²) in [5, 5.41) is 0.684. The second-order valence-electron chi connectivity index (χ2n) is 7.56. The molecule has 1 aromatic carbocycles. The van der Waals surface area contributed by atoms with E-state index in [2.05, 4.69) is 17.1 Å². The van der Waals surface area contributed by atoms with E-state index in [1.165, 1.54) is 16.9 Å². The van der Waals surface area contributed by atoms with Crippen molar-refractivity contribution in [1.29, 1.82) is 0 Å². The summed E-state index contributed by atoms with van der Waals surface area (Å²) in [6, 6.07) is 8.07. The standard InChI is InChI=1S/C22H25N3O3S/c1-14-15(2)29-21-20(14)22(27)25(13-23-21)11-9-19(26)24-10-8-17(12-24)16-4-6-18(28-3)7-5-16/h4-7,13,17H,8-12H2,1-3H3. The van der Waals surface area contributed by atoms with Crippen LogP contribution in [0.4, 0.5) is 0 Å². The average molecular weight is 412 g/mol. The molecule has 0 radical (unpaired) electrons. The minimum absolute atomic E-state index is 0.0535. The Labute approximate surface area is 173 Å². The lowest BCUT2D eigenvalue weighted by atomic mass is 9.98. The van der Waals surface area contributed by atoms with Crippen LogP contribution in [0.1, 0.15) is 34.8 Å². The maximum Gasteiger partial charge on any atom is 0.262 e. The zero-order chi connectivity index (χ0) is 20.5. The van der Waals surface area contributed by atoms with E-state index >= 15 is 0 Å². The summed E-state index contributed by atoms with van der Waals surface area (Å²) in [4.78, 5) is 33.7. The van der Waals surface area contributed by atoms with Gasteiger partial charge in [-0.25, -0.2) is 4.98 Å². The van der Waals surface area contributed by atoms with Crippen LogP contribution in [0.25, 0.3) is 10.2 Å². The van der Waals surface area contributed by atoms with Crippen LogP contribution in [-0.4, -0.2) is 40.6 Å². The summed E-state index contributed by atoms with van der Waals surface area (Å²) >= 11 is 1.54. The van der Waals surface area contributed by atoms with Gasteiger partial charge in [-0.15, -0.1) is 11.3 Å². The van der Waals surface area contributed by atoms with Gasteiger partial charge in [0.2, 0.25) is 5.91 Å². The van der Waals surface area contributed by atoms with Gasteiger partial charge in [0.15, 0.2) is 0 Å². The van der Waals surface area contributed by atoms with Crippen molar-refractivity contribution in [3.63, 3.8) is 0 Å². The SMILES string of the molecule is COc1ccc(C2CCN(C(=O)CCn3cnc4sc(C)c(C)c4c3=O)C2)cc1. The monoisotopic (exact) mass is 411 g/mol. The van der Waals surface area contributed by atoms with Crippen LogP contribution in [0.2, 0.25) is 0 Å². The Kier molecular flexibility index (Phi) is 5.41. The predicted molar refractivity (Wildman–Crippen MR) is 115 cm³/mol. The lowest BCUT2D eigenvalue weighted by molar-refractivity contribution is -0.130. The molecule has 3 aromatic rings. The van der Waals surface area contributed by atoms with Crippen molar-refractivity contribution in [2.75, 3.05) is 20.2 Å². The number of hydrogen-bond donors (Lipinski definition) is 0. The van der Waals surface area contributed by atoms with Crippen molar-refractivity contribution >= 4 is 27.5 Å². The molecule has 29 heavy (non-hydrogen) atoms. The Bertz CT molecular complexity index is 1100. The van der Waals surface area contributed by atoms with Gasteiger partial charge in [-0.2, -0.15) is 0 Å². The first-order chi connectivity index (χ1) is 14.0. The topological polar surface area (TPSA) is 64.4 Å². The molecule has 6 nitrogen and oxygen atoms in total. The number of hydrogen-bond acceptors (Lipinski definition) is 5. The maximum absolute atomic E-state index is 12.8. The van der Waals surface area contributed by atoms with Gasteiger partial charge in [0, 0.05) is 36.9 Å². The smallest absolute Gasteiger partial charge is 0.262 e. The first-order valence-electron chi connectivity index (χ1n) is 9.84. The highest BCUT2D eigenvalue weighted by molar-refractivity contribution is 7.18. The fourth-order valence-electron chi connectivity index (χ4n) is 3.94. The number of carbonyl (C=O) groups is 1. The van der Waals surface area contributed by atoms with E-state index < -0.39 is 0 Å². The van der Waals surface area contributed by atoms with Crippen LogP contribution in [0.15, 0.2) is 35.4 Å². The highest BCUT2D eigenvalue weighted by atomic mass is 32.1. The maximum atomic E-state index is 12.8. The first-order valence-corrected chi connectivity index (χ1v) is 10.7. The summed E-state index contributed by atoms with van der Waals surface area (Å²) in [5.74, 6) is 1.28. The second kappa shape index (κ2) is 7.99. The molecule has 1 unspecified atom stereocenters. The minimum atomic E-state index is -0.0535. The molecular formula is C22H25N3O3S. The summed E-state index contributed by atoms with van der Waals surface area (Å²) < 4.78 is 6.78. The number of rotatable bonds is 5. The second-order valence-corrected chi connectivity index (χ2v) is 8.76. The fourth-order valence-corrected chi connectivity index (χ4v) is 4.93. The zero-order valence-electron chi connectivity index (χ0n) is 17.0. The first kappa shape index (κ1) is 19.6. The number of carbonyl (C=O) groups excluding carboxylic acids is 1. The number of methoxy groups -OCH3 is 1. The third-order valence-electron chi connectivity index (χ3n) is 5.85. The van der Waals surface area contributed by atoms with Gasteiger partial charge in [0.1, 0.15) is 10.6 Å². The van der Waals surface area contributed by atoms with Crippen LogP contribution in [0.5, 0.6) is 5.75 Å². The Morgan fingerprint density at radius 2 is 2.03 bits per heavy atom. The molecule has 0 bridgehead atoms. The Morgan fingerprint density at radius 3 is 2.76 bits per heavy atom. The van der Waals surface area contributed by atoms with E-state index in [9.17, 15) is 9.59 Å². The molecule has 4 rings (SSSR count). The van der Waals surface area contributed by atoms with E-state index in [0.29, 0.717) is 24.3 Å². The quantitative estimate of drug-likeness (QED) is 0.645. The van der Waals surface area contributed by atoms with Crippen LogP contribution in [0.3, 0.4) is 0 Å². The Hall–Kier alpha value is -2.67. The molecule has 1 aliphatic heterocycles. The van der Waals surface area contributed by atoms with Gasteiger partial charge < -0.3 is 9.64 Å². The van der Waals surface area contributed by atoms with Crippen molar-refractivity contribution in [3.8, 4) is 5.75 Å². The molecule has 2 aromatic heterocycles. The van der Waals surface area contributed by atoms with E-state index in [4.69, 9.17) is 4.74 Å². The fraction of sp³-hybridized carbons (Fsp3) is 0.409. The Balaban J connectivity index is 1.40. The number of thiophene rings is 1. The van der Waals surface area contributed by atoms with Crippen LogP contribution in [-0.2, 0) is 11.3 Å². The van der Waals surface area contributed by atoms with Gasteiger partial charge in [0.05, 0.1) is 18.8 Å². The molecule has 152 valence electrons. The summed E-state index contributed by atoms with van der Waals surface area (Å²) in [6.45, 7) is 5.79. The molecule has 0 saturated carbocycles. The average Bonchev–Trinajstić information content (AvgIpc) is 3.33. The Morgan fingerprint density at radius 1 is 1.28 bits per heavy atom. The van der Waals surface area contributed by atoms with E-state index in [1.807, 2.05) is 30.9 Å². The summed E-state index contributed by atoms with van der Waals surface area (Å²) in [5.41, 5.74) is 2.17. The third-order valence-corrected chi connectivity index (χ3v) is 6.97. The minimum Gasteiger partial charge on any atom is -0.497 e. The normalized spacial score (nSPS) is 16.5. The number of nitrogens with zero attached hydrogens (tertiary/aromatic N) is 3. The highest BCUT2D eigenvalue weighted by Crippen LogP contribution is 2.29. The van der Waals surface area contributed by atoms with E-state index in [0.717, 1.165) is 40.5 Å². The van der Waals surface area contributed by atoms with E-state index in [1.54, 1.807) is 18.0 Å². The number of fused-ring (bicyclic) bond motifs is 1. The number of aromatic nitrogens is 2. The number of benzene rings is 1. The van der Waals surface area contributed by atoms with Gasteiger partial charge >= 0.3 is 0 Å². The van der Waals surface area contributed by atoms with Crippen LogP contribution in [0, 0.1) is 13.8 Å². The third kappa shape index (κ3) is 3.79. The number of amides is 1. The number of aryl methyl sites for hydroxylation is 3. The van der Waals surface area contributed by atoms with Gasteiger partial charge in [-0.05, 0) is 43.5 Å². The molecular weight excluding hydrogens is 386 g/mol. The lowest BCUT2D eigenvalue weighted by Gasteiger charge is -2.17. The van der Waals surface area contributed by atoms with Gasteiger partial charge in [-0.3, -0.25) is 14.2 Å². The summed E-state index contributed by atoms with van der Waals surface area (Å²) in [6.07, 6.45) is 2.83. The molecule has 0 spiro atoms. The number of ether oxygens (including phenoxy) is 1. The molecule has 1 saturated heterocycles.